The fourth-order valence-corrected chi connectivity index (χ4v) is 3.56. The number of carbonyl (C=O) groups excluding carboxylic acids is 2. The average Bonchev–Trinajstić information content (AvgIpc) is 3.31. The first-order valence-corrected chi connectivity index (χ1v) is 11.4. The Morgan fingerprint density at radius 1 is 1.06 bits per heavy atom. The molecule has 1 heterocycles. The number of aryl methyl sites for hydroxylation is 1. The summed E-state index contributed by atoms with van der Waals surface area (Å²) in [5.74, 6) is 6.34. The third-order valence-corrected chi connectivity index (χ3v) is 5.27. The minimum absolute atomic E-state index is 0.0253. The second-order valence-corrected chi connectivity index (χ2v) is 9.26. The van der Waals surface area contributed by atoms with E-state index in [0.717, 1.165) is 48.3 Å². The van der Waals surface area contributed by atoms with Crippen LogP contribution in [0.3, 0.4) is 0 Å². The highest BCUT2D eigenvalue weighted by molar-refractivity contribution is 6.04. The van der Waals surface area contributed by atoms with Crippen molar-refractivity contribution in [3.05, 3.63) is 64.7 Å². The molecule has 1 aliphatic heterocycles. The highest BCUT2D eigenvalue weighted by atomic mass is 16.6. The molecule has 0 spiro atoms. The van der Waals surface area contributed by atoms with Crippen molar-refractivity contribution in [3.63, 3.8) is 0 Å². The molecular formula is C27H32N4O3. The van der Waals surface area contributed by atoms with Gasteiger partial charge in [0.2, 0.25) is 0 Å². The molecule has 0 bridgehead atoms. The molecule has 0 unspecified atom stereocenters. The van der Waals surface area contributed by atoms with Gasteiger partial charge in [0.25, 0.3) is 5.91 Å². The number of ether oxygens (including phenoxy) is 1. The highest BCUT2D eigenvalue weighted by Crippen LogP contribution is 2.16. The van der Waals surface area contributed by atoms with Crippen LogP contribution in [0, 0.1) is 24.2 Å². The summed E-state index contributed by atoms with van der Waals surface area (Å²) < 4.78 is 5.17. The van der Waals surface area contributed by atoms with Crippen molar-refractivity contribution < 1.29 is 14.3 Å². The number of nitrogens with one attached hydrogen (secondary N) is 3. The number of amides is 2. The predicted octanol–water partition coefficient (Wildman–Crippen LogP) is 4.54. The first-order valence-electron chi connectivity index (χ1n) is 11.4. The van der Waals surface area contributed by atoms with E-state index in [9.17, 15) is 9.59 Å². The van der Waals surface area contributed by atoms with Crippen LogP contribution in [0.1, 0.15) is 60.7 Å². The number of hydrogen-bond donors (Lipinski definition) is 3. The molecule has 0 radical (unpaired) electrons. The summed E-state index contributed by atoms with van der Waals surface area (Å²) in [7, 11) is 0. The van der Waals surface area contributed by atoms with E-state index in [2.05, 4.69) is 22.5 Å². The van der Waals surface area contributed by atoms with E-state index < -0.39 is 11.7 Å². The molecule has 178 valence electrons. The third-order valence-electron chi connectivity index (χ3n) is 5.27. The van der Waals surface area contributed by atoms with Gasteiger partial charge in [-0.25, -0.2) is 4.79 Å². The molecule has 3 N–H and O–H groups in total. The maximum atomic E-state index is 12.5. The van der Waals surface area contributed by atoms with E-state index in [1.54, 1.807) is 32.9 Å². The number of likely N-dealkylation sites (tertiary alicyclic amines) is 1. The molecule has 0 atom stereocenters. The summed E-state index contributed by atoms with van der Waals surface area (Å²) in [6, 6.07) is 12.8. The number of nitrogens with zero attached hydrogens (tertiary/aromatic N) is 1. The maximum absolute atomic E-state index is 12.5. The molecule has 0 saturated carbocycles. The van der Waals surface area contributed by atoms with Gasteiger partial charge in [0.15, 0.2) is 0 Å². The first-order chi connectivity index (χ1) is 16.1. The monoisotopic (exact) mass is 460 g/mol. The van der Waals surface area contributed by atoms with Crippen molar-refractivity contribution in [1.82, 2.24) is 10.2 Å². The highest BCUT2D eigenvalue weighted by Gasteiger charge is 2.20. The van der Waals surface area contributed by atoms with Gasteiger partial charge in [-0.3, -0.25) is 15.5 Å². The Bertz CT molecular complexity index is 1120. The standard InChI is InChI=1S/C27H32N4O3/c1-19-18-22(25(32)31-16-5-6-17-31)10-9-20(19)8-7-15-29-23-13-11-21(12-14-23)24(28)30-26(33)34-27(2,3)4/h9-14,18,29H,5-6,15-17H2,1-4H3,(H2,28,30,33). The molecule has 34 heavy (non-hydrogen) atoms. The number of alkyl carbamates (subject to hydrolysis) is 1. The molecular weight excluding hydrogens is 428 g/mol. The third kappa shape index (κ3) is 7.11. The van der Waals surface area contributed by atoms with Crippen LogP contribution in [0.25, 0.3) is 0 Å². The van der Waals surface area contributed by atoms with Crippen molar-refractivity contribution >= 4 is 23.5 Å². The lowest BCUT2D eigenvalue weighted by molar-refractivity contribution is 0.0562. The average molecular weight is 461 g/mol. The molecule has 2 aromatic carbocycles. The van der Waals surface area contributed by atoms with Crippen molar-refractivity contribution in [3.8, 4) is 11.8 Å². The van der Waals surface area contributed by atoms with Crippen LogP contribution in [0.15, 0.2) is 42.5 Å². The zero-order valence-corrected chi connectivity index (χ0v) is 20.2. The predicted molar refractivity (Wildman–Crippen MR) is 134 cm³/mol. The Kier molecular flexibility index (Phi) is 7.95. The van der Waals surface area contributed by atoms with Crippen LogP contribution in [0.5, 0.6) is 0 Å². The lowest BCUT2D eigenvalue weighted by atomic mass is 10.0. The van der Waals surface area contributed by atoms with Crippen molar-refractivity contribution in [2.24, 2.45) is 0 Å². The van der Waals surface area contributed by atoms with Gasteiger partial charge in [-0.2, -0.15) is 0 Å². The summed E-state index contributed by atoms with van der Waals surface area (Å²) in [5, 5.41) is 13.7. The van der Waals surface area contributed by atoms with Crippen molar-refractivity contribution in [2.75, 3.05) is 25.0 Å². The second kappa shape index (κ2) is 10.9. The Labute approximate surface area is 201 Å². The van der Waals surface area contributed by atoms with E-state index in [4.69, 9.17) is 10.1 Å². The fraction of sp³-hybridized carbons (Fsp3) is 0.370. The molecule has 0 aromatic heterocycles. The zero-order chi connectivity index (χ0) is 24.7. The van der Waals surface area contributed by atoms with Gasteiger partial charge in [0, 0.05) is 35.5 Å². The Morgan fingerprint density at radius 3 is 2.32 bits per heavy atom. The van der Waals surface area contributed by atoms with E-state index in [1.165, 1.54) is 0 Å². The second-order valence-electron chi connectivity index (χ2n) is 9.26. The minimum atomic E-state index is -0.654. The van der Waals surface area contributed by atoms with Gasteiger partial charge in [0.05, 0.1) is 6.54 Å². The van der Waals surface area contributed by atoms with Gasteiger partial charge in [-0.15, -0.1) is 0 Å². The number of rotatable bonds is 4. The minimum Gasteiger partial charge on any atom is -0.444 e. The smallest absolute Gasteiger partial charge is 0.413 e. The lowest BCUT2D eigenvalue weighted by Gasteiger charge is -2.19. The number of hydrogen-bond acceptors (Lipinski definition) is 5. The van der Waals surface area contributed by atoms with E-state index >= 15 is 0 Å². The molecule has 1 fully saturated rings. The van der Waals surface area contributed by atoms with Crippen molar-refractivity contribution in [2.45, 2.75) is 46.1 Å². The van der Waals surface area contributed by atoms with Gasteiger partial charge in [0.1, 0.15) is 11.4 Å². The first kappa shape index (κ1) is 24.8. The van der Waals surface area contributed by atoms with Crippen LogP contribution >= 0.6 is 0 Å². The largest absolute Gasteiger partial charge is 0.444 e. The van der Waals surface area contributed by atoms with Crippen LogP contribution in [-0.4, -0.2) is 48.0 Å². The summed E-state index contributed by atoms with van der Waals surface area (Å²) in [5.41, 5.74) is 3.41. The quantitative estimate of drug-likeness (QED) is 0.355. The van der Waals surface area contributed by atoms with Gasteiger partial charge in [-0.05, 0) is 88.6 Å². The van der Waals surface area contributed by atoms with E-state index in [0.29, 0.717) is 12.1 Å². The van der Waals surface area contributed by atoms with Crippen LogP contribution in [-0.2, 0) is 4.74 Å². The molecule has 1 aliphatic rings. The molecule has 1 saturated heterocycles. The summed E-state index contributed by atoms with van der Waals surface area (Å²) in [6.07, 6.45) is 1.50. The van der Waals surface area contributed by atoms with Crippen LogP contribution in [0.2, 0.25) is 0 Å². The SMILES string of the molecule is Cc1cc(C(=O)N2CCCC2)ccc1C#CCNc1ccc(C(=N)NC(=O)OC(C)(C)C)cc1. The fourth-order valence-electron chi connectivity index (χ4n) is 3.56. The van der Waals surface area contributed by atoms with E-state index in [1.807, 2.05) is 42.2 Å². The number of anilines is 1. The summed E-state index contributed by atoms with van der Waals surface area (Å²) in [4.78, 5) is 26.3. The van der Waals surface area contributed by atoms with Gasteiger partial charge >= 0.3 is 6.09 Å². The molecule has 7 heteroatoms. The Balaban J connectivity index is 1.51. The summed E-state index contributed by atoms with van der Waals surface area (Å²) in [6.45, 7) is 9.41. The van der Waals surface area contributed by atoms with Crippen LogP contribution in [0.4, 0.5) is 10.5 Å². The number of amidine groups is 1. The zero-order valence-electron chi connectivity index (χ0n) is 20.2. The summed E-state index contributed by atoms with van der Waals surface area (Å²) >= 11 is 0. The Morgan fingerprint density at radius 2 is 1.71 bits per heavy atom. The Hall–Kier alpha value is -3.79. The van der Waals surface area contributed by atoms with Gasteiger partial charge in [-0.1, -0.05) is 11.8 Å². The van der Waals surface area contributed by atoms with E-state index in [-0.39, 0.29) is 11.7 Å². The molecule has 3 rings (SSSR count). The molecule has 7 nitrogen and oxygen atoms in total. The normalized spacial score (nSPS) is 13.0. The molecule has 2 amide bonds. The number of benzene rings is 2. The lowest BCUT2D eigenvalue weighted by Crippen LogP contribution is -2.36. The van der Waals surface area contributed by atoms with Gasteiger partial charge < -0.3 is 15.0 Å². The molecule has 2 aromatic rings. The topological polar surface area (TPSA) is 94.5 Å². The molecule has 0 aliphatic carbocycles. The maximum Gasteiger partial charge on any atom is 0.413 e. The van der Waals surface area contributed by atoms with Crippen molar-refractivity contribution in [1.29, 1.82) is 5.41 Å². The number of carbonyl (C=O) groups is 2. The van der Waals surface area contributed by atoms with Crippen LogP contribution < -0.4 is 10.6 Å².